The molecule has 0 saturated heterocycles. The Morgan fingerprint density at radius 3 is 2.64 bits per heavy atom. The molecule has 0 spiro atoms. The van der Waals surface area contributed by atoms with Crippen LogP contribution >= 0.6 is 0 Å². The molecule has 0 radical (unpaired) electrons. The van der Waals surface area contributed by atoms with Crippen LogP contribution in [0.5, 0.6) is 0 Å². The summed E-state index contributed by atoms with van der Waals surface area (Å²) in [6.07, 6.45) is 4.92. The second-order valence-corrected chi connectivity index (χ2v) is 4.76. The molecule has 0 amide bonds. The minimum atomic E-state index is -0.253. The van der Waals surface area contributed by atoms with Crippen LogP contribution in [0.25, 0.3) is 0 Å². The van der Waals surface area contributed by atoms with E-state index < -0.39 is 0 Å². The van der Waals surface area contributed by atoms with Gasteiger partial charge in [0.1, 0.15) is 0 Å². The molecular weight excluding hydrogens is 180 g/mol. The summed E-state index contributed by atoms with van der Waals surface area (Å²) in [4.78, 5) is 11.7. The summed E-state index contributed by atoms with van der Waals surface area (Å²) in [6.45, 7) is 0.226. The lowest BCUT2D eigenvalue weighted by Crippen LogP contribution is -2.46. The van der Waals surface area contributed by atoms with E-state index in [-0.39, 0.29) is 18.0 Å². The van der Waals surface area contributed by atoms with Crippen molar-refractivity contribution in [2.45, 2.75) is 32.1 Å². The minimum Gasteiger partial charge on any atom is -0.469 e. The first-order chi connectivity index (χ1) is 6.72. The molecule has 0 aromatic rings. The van der Waals surface area contributed by atoms with Gasteiger partial charge in [-0.25, -0.2) is 0 Å². The van der Waals surface area contributed by atoms with Gasteiger partial charge in [0.25, 0.3) is 0 Å². The molecule has 80 valence electrons. The van der Waals surface area contributed by atoms with E-state index in [2.05, 4.69) is 0 Å². The standard InChI is InChI=1S/C11H18O3/c1-14-10(13)11-4-2-8(3-5-11)9(6-11)7-12/h8-9,12H,2-7H2,1H3. The molecule has 3 fully saturated rings. The summed E-state index contributed by atoms with van der Waals surface area (Å²) in [7, 11) is 1.46. The molecule has 1 unspecified atom stereocenters. The molecule has 3 heteroatoms. The van der Waals surface area contributed by atoms with Gasteiger partial charge in [-0.2, -0.15) is 0 Å². The maximum Gasteiger partial charge on any atom is 0.311 e. The molecule has 3 saturated carbocycles. The third-order valence-electron chi connectivity index (χ3n) is 4.16. The third kappa shape index (κ3) is 1.34. The van der Waals surface area contributed by atoms with Gasteiger partial charge in [-0.1, -0.05) is 0 Å². The summed E-state index contributed by atoms with van der Waals surface area (Å²) < 4.78 is 4.88. The number of rotatable bonds is 2. The van der Waals surface area contributed by atoms with Crippen molar-refractivity contribution in [2.75, 3.05) is 13.7 Å². The van der Waals surface area contributed by atoms with E-state index in [0.717, 1.165) is 32.1 Å². The molecule has 0 aromatic heterocycles. The minimum absolute atomic E-state index is 0.0610. The van der Waals surface area contributed by atoms with Gasteiger partial charge in [0.2, 0.25) is 0 Å². The van der Waals surface area contributed by atoms with Crippen LogP contribution in [-0.2, 0) is 9.53 Å². The summed E-state index contributed by atoms with van der Waals surface area (Å²) in [5.74, 6) is 0.914. The number of ether oxygens (including phenoxy) is 1. The van der Waals surface area contributed by atoms with Crippen LogP contribution in [0.15, 0.2) is 0 Å². The Kier molecular flexibility index (Phi) is 2.52. The first kappa shape index (κ1) is 9.97. The summed E-state index contributed by atoms with van der Waals surface area (Å²) in [6, 6.07) is 0. The molecule has 0 heterocycles. The van der Waals surface area contributed by atoms with Crippen LogP contribution in [-0.4, -0.2) is 24.8 Å². The van der Waals surface area contributed by atoms with Crippen LogP contribution < -0.4 is 0 Å². The van der Waals surface area contributed by atoms with Crippen molar-refractivity contribution in [3.63, 3.8) is 0 Å². The maximum atomic E-state index is 11.7. The highest BCUT2D eigenvalue weighted by Crippen LogP contribution is 2.53. The zero-order valence-corrected chi connectivity index (χ0v) is 8.66. The predicted octanol–water partition coefficient (Wildman–Crippen LogP) is 1.35. The smallest absolute Gasteiger partial charge is 0.311 e. The van der Waals surface area contributed by atoms with Gasteiger partial charge in [-0.15, -0.1) is 0 Å². The SMILES string of the molecule is COC(=O)C12CCC(CC1)C(CO)C2. The molecule has 1 N–H and O–H groups in total. The van der Waals surface area contributed by atoms with E-state index in [4.69, 9.17) is 4.74 Å². The van der Waals surface area contributed by atoms with Crippen LogP contribution in [0.2, 0.25) is 0 Å². The van der Waals surface area contributed by atoms with Crippen molar-refractivity contribution < 1.29 is 14.6 Å². The van der Waals surface area contributed by atoms with E-state index in [1.54, 1.807) is 0 Å². The highest BCUT2D eigenvalue weighted by Gasteiger charge is 2.50. The summed E-state index contributed by atoms with van der Waals surface area (Å²) in [5, 5.41) is 9.23. The first-order valence-electron chi connectivity index (χ1n) is 5.41. The van der Waals surface area contributed by atoms with Crippen molar-refractivity contribution in [3.05, 3.63) is 0 Å². The van der Waals surface area contributed by atoms with Crippen LogP contribution in [0.1, 0.15) is 32.1 Å². The fraction of sp³-hybridized carbons (Fsp3) is 0.909. The topological polar surface area (TPSA) is 46.5 Å². The molecule has 3 aliphatic rings. The quantitative estimate of drug-likeness (QED) is 0.681. The molecule has 0 aliphatic heterocycles. The first-order valence-corrected chi connectivity index (χ1v) is 5.41. The van der Waals surface area contributed by atoms with Crippen LogP contribution in [0.3, 0.4) is 0 Å². The van der Waals surface area contributed by atoms with Gasteiger partial charge in [-0.05, 0) is 43.9 Å². The van der Waals surface area contributed by atoms with Crippen molar-refractivity contribution in [1.82, 2.24) is 0 Å². The second-order valence-electron chi connectivity index (χ2n) is 4.76. The van der Waals surface area contributed by atoms with Gasteiger partial charge in [-0.3, -0.25) is 4.79 Å². The van der Waals surface area contributed by atoms with Gasteiger partial charge >= 0.3 is 5.97 Å². The van der Waals surface area contributed by atoms with Crippen molar-refractivity contribution in [3.8, 4) is 0 Å². The number of fused-ring (bicyclic) bond motifs is 3. The van der Waals surface area contributed by atoms with Gasteiger partial charge < -0.3 is 9.84 Å². The Labute approximate surface area is 84.4 Å². The Balaban J connectivity index is 2.15. The molecule has 3 rings (SSSR count). The number of carbonyl (C=O) groups is 1. The van der Waals surface area contributed by atoms with Crippen LogP contribution in [0, 0.1) is 17.3 Å². The van der Waals surface area contributed by atoms with Crippen molar-refractivity contribution >= 4 is 5.97 Å². The molecule has 3 aliphatic carbocycles. The highest BCUT2D eigenvalue weighted by atomic mass is 16.5. The zero-order chi connectivity index (χ0) is 10.2. The third-order valence-corrected chi connectivity index (χ3v) is 4.16. The molecular formula is C11H18O3. The number of hydrogen-bond acceptors (Lipinski definition) is 3. The monoisotopic (exact) mass is 198 g/mol. The normalized spacial score (nSPS) is 41.0. The number of hydrogen-bond donors (Lipinski definition) is 1. The second kappa shape index (κ2) is 3.54. The number of carbonyl (C=O) groups excluding carboxylic acids is 1. The highest BCUT2D eigenvalue weighted by molar-refractivity contribution is 5.77. The van der Waals surface area contributed by atoms with E-state index in [9.17, 15) is 9.90 Å². The van der Waals surface area contributed by atoms with Crippen molar-refractivity contribution in [1.29, 1.82) is 0 Å². The predicted molar refractivity (Wildman–Crippen MR) is 51.6 cm³/mol. The lowest BCUT2D eigenvalue weighted by molar-refractivity contribution is -0.163. The zero-order valence-electron chi connectivity index (χ0n) is 8.66. The fourth-order valence-electron chi connectivity index (χ4n) is 3.25. The molecule has 14 heavy (non-hydrogen) atoms. The lowest BCUT2D eigenvalue weighted by Gasteiger charge is -2.48. The Bertz CT molecular complexity index is 229. The van der Waals surface area contributed by atoms with E-state index in [1.807, 2.05) is 0 Å². The molecule has 3 nitrogen and oxygen atoms in total. The van der Waals surface area contributed by atoms with E-state index >= 15 is 0 Å². The van der Waals surface area contributed by atoms with Gasteiger partial charge in [0.05, 0.1) is 12.5 Å². The molecule has 2 bridgehead atoms. The van der Waals surface area contributed by atoms with E-state index in [1.165, 1.54) is 7.11 Å². The molecule has 1 atom stereocenters. The van der Waals surface area contributed by atoms with Gasteiger partial charge in [0.15, 0.2) is 0 Å². The van der Waals surface area contributed by atoms with E-state index in [0.29, 0.717) is 11.8 Å². The number of esters is 1. The van der Waals surface area contributed by atoms with Crippen molar-refractivity contribution in [2.24, 2.45) is 17.3 Å². The number of aliphatic hydroxyl groups is 1. The lowest BCUT2D eigenvalue weighted by atomic mass is 9.56. The fourth-order valence-corrected chi connectivity index (χ4v) is 3.25. The van der Waals surface area contributed by atoms with Gasteiger partial charge in [0, 0.05) is 6.61 Å². The Hall–Kier alpha value is -0.570. The number of methoxy groups -OCH3 is 1. The Morgan fingerprint density at radius 1 is 1.50 bits per heavy atom. The number of aliphatic hydroxyl groups excluding tert-OH is 1. The maximum absolute atomic E-state index is 11.7. The molecule has 0 aromatic carbocycles. The average Bonchev–Trinajstić information content (AvgIpc) is 2.29. The summed E-state index contributed by atoms with van der Waals surface area (Å²) >= 11 is 0. The Morgan fingerprint density at radius 2 is 2.14 bits per heavy atom. The van der Waals surface area contributed by atoms with Crippen LogP contribution in [0.4, 0.5) is 0 Å². The largest absolute Gasteiger partial charge is 0.469 e. The summed E-state index contributed by atoms with van der Waals surface area (Å²) in [5.41, 5.74) is -0.253. The average molecular weight is 198 g/mol.